The minimum absolute atomic E-state index is 0.113. The quantitative estimate of drug-likeness (QED) is 0.402. The van der Waals surface area contributed by atoms with Gasteiger partial charge in [-0.3, -0.25) is 14.5 Å². The van der Waals surface area contributed by atoms with Crippen molar-refractivity contribution in [2.75, 3.05) is 19.7 Å². The van der Waals surface area contributed by atoms with Gasteiger partial charge in [0.05, 0.1) is 12.7 Å². The number of fused-ring (bicyclic) bond motifs is 1. The molecule has 0 aromatic carbocycles. The Bertz CT molecular complexity index is 257. The molecule has 2 unspecified atom stereocenters. The lowest BCUT2D eigenvalue weighted by atomic mass is 10.3. The van der Waals surface area contributed by atoms with E-state index in [-0.39, 0.29) is 18.3 Å². The molecule has 16 heavy (non-hydrogen) atoms. The fourth-order valence-electron chi connectivity index (χ4n) is 1.36. The molecule has 0 aromatic rings. The van der Waals surface area contributed by atoms with Crippen molar-refractivity contribution in [3.8, 4) is 0 Å². The predicted molar refractivity (Wildman–Crippen MR) is 57.8 cm³/mol. The maximum atomic E-state index is 10.6. The first-order valence-electron chi connectivity index (χ1n) is 5.53. The fraction of sp³-hybridized carbons (Fsp3) is 0.818. The zero-order valence-corrected chi connectivity index (χ0v) is 10.1. The highest BCUT2D eigenvalue weighted by molar-refractivity contribution is 5.94. The SMILES string of the molecule is C1CN2CC2O1.CC(=O)CC(=O)OC(C)C. The molecule has 0 aromatic heterocycles. The van der Waals surface area contributed by atoms with Crippen molar-refractivity contribution in [1.82, 2.24) is 4.90 Å². The van der Waals surface area contributed by atoms with E-state index in [1.165, 1.54) is 20.0 Å². The maximum Gasteiger partial charge on any atom is 0.313 e. The van der Waals surface area contributed by atoms with Crippen LogP contribution in [0.3, 0.4) is 0 Å². The van der Waals surface area contributed by atoms with Crippen molar-refractivity contribution in [3.63, 3.8) is 0 Å². The topological polar surface area (TPSA) is 55.6 Å². The molecule has 2 rings (SSSR count). The van der Waals surface area contributed by atoms with Crippen molar-refractivity contribution in [3.05, 3.63) is 0 Å². The average Bonchev–Trinajstić information content (AvgIpc) is 2.72. The van der Waals surface area contributed by atoms with Crippen LogP contribution in [-0.2, 0) is 19.1 Å². The van der Waals surface area contributed by atoms with Crippen LogP contribution in [-0.4, -0.2) is 48.7 Å². The Balaban J connectivity index is 0.000000176. The summed E-state index contributed by atoms with van der Waals surface area (Å²) in [5, 5.41) is 0. The third kappa shape index (κ3) is 5.23. The summed E-state index contributed by atoms with van der Waals surface area (Å²) < 4.78 is 9.85. The van der Waals surface area contributed by atoms with Crippen LogP contribution in [0.2, 0.25) is 0 Å². The summed E-state index contributed by atoms with van der Waals surface area (Å²) in [6.07, 6.45) is 0.301. The molecule has 2 aliphatic rings. The molecule has 2 saturated heterocycles. The molecule has 0 saturated carbocycles. The fourth-order valence-corrected chi connectivity index (χ4v) is 1.36. The molecular formula is C11H19NO4. The van der Waals surface area contributed by atoms with Crippen LogP contribution in [0.5, 0.6) is 0 Å². The lowest BCUT2D eigenvalue weighted by molar-refractivity contribution is -0.149. The minimum atomic E-state index is -0.442. The number of hydrogen-bond donors (Lipinski definition) is 0. The first kappa shape index (κ1) is 13.1. The highest BCUT2D eigenvalue weighted by Gasteiger charge is 2.39. The van der Waals surface area contributed by atoms with Crippen LogP contribution in [0.15, 0.2) is 0 Å². The van der Waals surface area contributed by atoms with Crippen molar-refractivity contribution < 1.29 is 19.1 Å². The van der Waals surface area contributed by atoms with E-state index in [1.54, 1.807) is 13.8 Å². The summed E-state index contributed by atoms with van der Waals surface area (Å²) in [5.74, 6) is -0.604. The zero-order valence-electron chi connectivity index (χ0n) is 10.1. The first-order chi connectivity index (χ1) is 7.49. The molecule has 2 atom stereocenters. The molecular weight excluding hydrogens is 210 g/mol. The van der Waals surface area contributed by atoms with Gasteiger partial charge in [0.15, 0.2) is 0 Å². The molecule has 2 heterocycles. The summed E-state index contributed by atoms with van der Waals surface area (Å²) >= 11 is 0. The van der Waals surface area contributed by atoms with Gasteiger partial charge in [0.2, 0.25) is 0 Å². The Morgan fingerprint density at radius 2 is 2.19 bits per heavy atom. The van der Waals surface area contributed by atoms with Gasteiger partial charge in [0, 0.05) is 13.1 Å². The minimum Gasteiger partial charge on any atom is -0.463 e. The van der Waals surface area contributed by atoms with E-state index in [9.17, 15) is 9.59 Å². The first-order valence-corrected chi connectivity index (χ1v) is 5.53. The zero-order chi connectivity index (χ0) is 12.1. The van der Waals surface area contributed by atoms with Crippen LogP contribution in [0.25, 0.3) is 0 Å². The highest BCUT2D eigenvalue weighted by Crippen LogP contribution is 2.22. The number of hydrogen-bond acceptors (Lipinski definition) is 5. The maximum absolute atomic E-state index is 10.6. The van der Waals surface area contributed by atoms with Gasteiger partial charge in [0.1, 0.15) is 18.4 Å². The molecule has 0 amide bonds. The Labute approximate surface area is 95.7 Å². The summed E-state index contributed by atoms with van der Waals surface area (Å²) in [7, 11) is 0. The molecule has 92 valence electrons. The van der Waals surface area contributed by atoms with Crippen molar-refractivity contribution in [1.29, 1.82) is 0 Å². The molecule has 0 radical (unpaired) electrons. The van der Waals surface area contributed by atoms with E-state index in [2.05, 4.69) is 4.90 Å². The van der Waals surface area contributed by atoms with Gasteiger partial charge < -0.3 is 9.47 Å². The predicted octanol–water partition coefficient (Wildman–Crippen LogP) is 0.575. The van der Waals surface area contributed by atoms with Crippen LogP contribution in [0, 0.1) is 0 Å². The Morgan fingerprint density at radius 1 is 1.50 bits per heavy atom. The summed E-state index contributed by atoms with van der Waals surface area (Å²) in [5.41, 5.74) is 0. The molecule has 0 spiro atoms. The third-order valence-electron chi connectivity index (χ3n) is 2.11. The van der Waals surface area contributed by atoms with Crippen LogP contribution >= 0.6 is 0 Å². The Kier molecular flexibility index (Phi) is 4.89. The third-order valence-corrected chi connectivity index (χ3v) is 2.11. The van der Waals surface area contributed by atoms with E-state index in [4.69, 9.17) is 9.47 Å². The van der Waals surface area contributed by atoms with Gasteiger partial charge in [-0.05, 0) is 20.8 Å². The number of nitrogens with zero attached hydrogens (tertiary/aromatic N) is 1. The second-order valence-corrected chi connectivity index (χ2v) is 4.24. The smallest absolute Gasteiger partial charge is 0.313 e. The van der Waals surface area contributed by atoms with Gasteiger partial charge in [-0.1, -0.05) is 0 Å². The van der Waals surface area contributed by atoms with Gasteiger partial charge in [-0.25, -0.2) is 0 Å². The normalized spacial score (nSPS) is 25.5. The van der Waals surface area contributed by atoms with Gasteiger partial charge >= 0.3 is 5.97 Å². The number of esters is 1. The van der Waals surface area contributed by atoms with Crippen LogP contribution in [0.1, 0.15) is 27.2 Å². The molecule has 5 nitrogen and oxygen atoms in total. The lowest BCUT2D eigenvalue weighted by Gasteiger charge is -2.05. The second-order valence-electron chi connectivity index (χ2n) is 4.24. The molecule has 0 bridgehead atoms. The number of Topliss-reactive ketones (excluding diaryl/α,β-unsaturated/α-hetero) is 1. The van der Waals surface area contributed by atoms with E-state index >= 15 is 0 Å². The van der Waals surface area contributed by atoms with Crippen LogP contribution < -0.4 is 0 Å². The Hall–Kier alpha value is -0.940. The van der Waals surface area contributed by atoms with Gasteiger partial charge in [-0.15, -0.1) is 0 Å². The molecule has 0 aliphatic carbocycles. The summed E-state index contributed by atoms with van der Waals surface area (Å²) in [4.78, 5) is 23.3. The van der Waals surface area contributed by atoms with E-state index < -0.39 is 5.97 Å². The summed E-state index contributed by atoms with van der Waals surface area (Å²) in [6, 6.07) is 0. The molecule has 5 heteroatoms. The van der Waals surface area contributed by atoms with Crippen molar-refractivity contribution >= 4 is 11.8 Å². The highest BCUT2D eigenvalue weighted by atomic mass is 16.5. The van der Waals surface area contributed by atoms with E-state index in [0.717, 1.165) is 6.61 Å². The van der Waals surface area contributed by atoms with Crippen molar-refractivity contribution in [2.45, 2.75) is 39.5 Å². The number of carbonyl (C=O) groups is 2. The summed E-state index contributed by atoms with van der Waals surface area (Å²) in [6.45, 7) is 8.19. The van der Waals surface area contributed by atoms with Gasteiger partial charge in [0.25, 0.3) is 0 Å². The van der Waals surface area contributed by atoms with Crippen LogP contribution in [0.4, 0.5) is 0 Å². The number of rotatable bonds is 3. The second kappa shape index (κ2) is 5.96. The lowest BCUT2D eigenvalue weighted by Crippen LogP contribution is -2.13. The molecule has 2 fully saturated rings. The standard InChI is InChI=1S/C7H12O3.C4H7NO/c1-5(2)10-7(9)4-6(3)8;1-2-6-4-3-5(1)4/h5H,4H2,1-3H3;4H,1-3H2. The molecule has 0 N–H and O–H groups in total. The van der Waals surface area contributed by atoms with E-state index in [0.29, 0.717) is 6.23 Å². The van der Waals surface area contributed by atoms with Crippen molar-refractivity contribution in [2.24, 2.45) is 0 Å². The Morgan fingerprint density at radius 3 is 2.44 bits per heavy atom. The largest absolute Gasteiger partial charge is 0.463 e. The molecule has 2 aliphatic heterocycles. The van der Waals surface area contributed by atoms with Gasteiger partial charge in [-0.2, -0.15) is 0 Å². The number of morpholine rings is 1. The van der Waals surface area contributed by atoms with E-state index in [1.807, 2.05) is 0 Å². The monoisotopic (exact) mass is 229 g/mol. The average molecular weight is 229 g/mol. The number of ether oxygens (including phenoxy) is 2. The number of carbonyl (C=O) groups excluding carboxylic acids is 2. The number of ketones is 1.